The second-order valence-corrected chi connectivity index (χ2v) is 8.62. The maximum atomic E-state index is 14.5. The van der Waals surface area contributed by atoms with E-state index in [4.69, 9.17) is 26.4 Å². The number of fused-ring (bicyclic) bond motifs is 1. The largest absolute Gasteiger partial charge is 0.493 e. The van der Waals surface area contributed by atoms with Crippen molar-refractivity contribution in [3.05, 3.63) is 47.0 Å². The molecule has 2 heterocycles. The van der Waals surface area contributed by atoms with E-state index in [2.05, 4.69) is 10.6 Å². The normalized spacial score (nSPS) is 28.2. The van der Waals surface area contributed by atoms with Crippen molar-refractivity contribution in [1.29, 1.82) is 5.41 Å². The number of anilines is 3. The van der Waals surface area contributed by atoms with E-state index in [-0.39, 0.29) is 22.6 Å². The van der Waals surface area contributed by atoms with Crippen molar-refractivity contribution in [2.45, 2.75) is 43.8 Å². The zero-order chi connectivity index (χ0) is 25.2. The number of nitrogens with one attached hydrogen (secondary N) is 3. The summed E-state index contributed by atoms with van der Waals surface area (Å²) in [5, 5.41) is 13.9. The molecule has 7 N–H and O–H groups in total. The number of ether oxygens (including phenoxy) is 2. The van der Waals surface area contributed by atoms with E-state index in [9.17, 15) is 22.0 Å². The van der Waals surface area contributed by atoms with E-state index >= 15 is 0 Å². The predicted octanol–water partition coefficient (Wildman–Crippen LogP) is 4.14. The van der Waals surface area contributed by atoms with E-state index in [0.717, 1.165) is 20.1 Å². The van der Waals surface area contributed by atoms with E-state index in [1.807, 2.05) is 0 Å². The molecule has 1 saturated heterocycles. The lowest BCUT2D eigenvalue weighted by Gasteiger charge is -2.32. The van der Waals surface area contributed by atoms with Gasteiger partial charge in [0, 0.05) is 23.1 Å². The van der Waals surface area contributed by atoms with Crippen LogP contribution in [0, 0.1) is 23.0 Å². The Morgan fingerprint density at radius 1 is 1.18 bits per heavy atom. The van der Waals surface area contributed by atoms with Crippen LogP contribution in [-0.2, 0) is 4.74 Å². The summed E-state index contributed by atoms with van der Waals surface area (Å²) in [4.78, 5) is 0. The Morgan fingerprint density at radius 3 is 2.44 bits per heavy atom. The molecular weight excluding hydrogens is 461 g/mol. The van der Waals surface area contributed by atoms with Crippen molar-refractivity contribution in [2.75, 3.05) is 23.5 Å². The molecule has 0 aromatic heterocycles. The van der Waals surface area contributed by atoms with Crippen LogP contribution in [0.3, 0.4) is 0 Å². The first-order chi connectivity index (χ1) is 15.8. The van der Waals surface area contributed by atoms with Gasteiger partial charge < -0.3 is 31.6 Å². The van der Waals surface area contributed by atoms with E-state index < -0.39 is 53.3 Å². The van der Waals surface area contributed by atoms with Gasteiger partial charge in [-0.3, -0.25) is 5.41 Å². The summed E-state index contributed by atoms with van der Waals surface area (Å²) in [5.41, 5.74) is 10.2. The topological polar surface area (TPSA) is 118 Å². The quantitative estimate of drug-likeness (QED) is 0.192. The fourth-order valence-corrected chi connectivity index (χ4v) is 4.86. The standard InChI is InChI=1S/C22H24F5N5O2/c1-8-13(9-4-5-10(23)15(24)17(9)33-3)18(34-21(8,2)22(25,26)27)20-31-12-7-6-11(28)14(19(29)30)16(12)32-20/h4-8,13,18,20,31-32H,28H2,1-3H3,(H3,29,30)/t8-,13-,18+,20?,21+/m0/s1. The van der Waals surface area contributed by atoms with Gasteiger partial charge in [-0.05, 0) is 25.1 Å². The van der Waals surface area contributed by atoms with Crippen LogP contribution < -0.4 is 26.8 Å². The lowest BCUT2D eigenvalue weighted by molar-refractivity contribution is -0.274. The zero-order valence-electron chi connectivity index (χ0n) is 18.5. The third-order valence-corrected chi connectivity index (χ3v) is 6.80. The van der Waals surface area contributed by atoms with Crippen LogP contribution in [0.4, 0.5) is 39.0 Å². The van der Waals surface area contributed by atoms with Crippen LogP contribution in [0.25, 0.3) is 0 Å². The number of rotatable bonds is 4. The van der Waals surface area contributed by atoms with E-state index in [1.165, 1.54) is 19.1 Å². The number of hydrogen-bond donors (Lipinski definition) is 5. The minimum absolute atomic E-state index is 0.0396. The molecule has 184 valence electrons. The van der Waals surface area contributed by atoms with Gasteiger partial charge in [0.15, 0.2) is 17.2 Å². The first-order valence-electron chi connectivity index (χ1n) is 10.4. The number of nitrogen functional groups attached to an aromatic ring is 2. The molecule has 12 heteroatoms. The molecule has 1 unspecified atom stereocenters. The lowest BCUT2D eigenvalue weighted by atomic mass is 9.76. The first-order valence-corrected chi connectivity index (χ1v) is 10.4. The molecule has 0 saturated carbocycles. The third kappa shape index (κ3) is 3.39. The molecule has 0 aliphatic carbocycles. The highest BCUT2D eigenvalue weighted by molar-refractivity contribution is 6.08. The number of nitrogens with two attached hydrogens (primary N) is 2. The smallest absolute Gasteiger partial charge is 0.417 e. The van der Waals surface area contributed by atoms with Gasteiger partial charge in [-0.1, -0.05) is 13.0 Å². The van der Waals surface area contributed by atoms with Crippen LogP contribution >= 0.6 is 0 Å². The molecule has 2 aliphatic rings. The average molecular weight is 485 g/mol. The number of benzene rings is 2. The summed E-state index contributed by atoms with van der Waals surface area (Å²) in [6.45, 7) is 2.28. The Kier molecular flexibility index (Phi) is 5.54. The minimum atomic E-state index is -4.76. The summed E-state index contributed by atoms with van der Waals surface area (Å²) in [6, 6.07) is 5.16. The highest BCUT2D eigenvalue weighted by atomic mass is 19.4. The molecule has 7 nitrogen and oxygen atoms in total. The monoisotopic (exact) mass is 485 g/mol. The Hall–Kier alpha value is -3.28. The Bertz CT molecular complexity index is 1160. The predicted molar refractivity (Wildman–Crippen MR) is 117 cm³/mol. The van der Waals surface area contributed by atoms with Gasteiger partial charge in [-0.15, -0.1) is 0 Å². The van der Waals surface area contributed by atoms with Gasteiger partial charge in [0.05, 0.1) is 24.0 Å². The summed E-state index contributed by atoms with van der Waals surface area (Å²) in [6.07, 6.45) is -6.91. The van der Waals surface area contributed by atoms with Crippen molar-refractivity contribution in [3.63, 3.8) is 0 Å². The fraction of sp³-hybridized carbons (Fsp3) is 0.409. The molecule has 0 bridgehead atoms. The molecular formula is C22H24F5N5O2. The second kappa shape index (κ2) is 7.90. The van der Waals surface area contributed by atoms with Crippen molar-refractivity contribution in [3.8, 4) is 5.75 Å². The minimum Gasteiger partial charge on any atom is -0.493 e. The summed E-state index contributed by atoms with van der Waals surface area (Å²) >= 11 is 0. The molecule has 4 rings (SSSR count). The number of amidine groups is 1. The number of methoxy groups -OCH3 is 1. The number of halogens is 5. The van der Waals surface area contributed by atoms with Gasteiger partial charge in [0.2, 0.25) is 5.82 Å². The van der Waals surface area contributed by atoms with Crippen molar-refractivity contribution >= 4 is 22.9 Å². The highest BCUT2D eigenvalue weighted by Gasteiger charge is 2.66. The molecule has 1 fully saturated rings. The molecule has 2 aromatic carbocycles. The van der Waals surface area contributed by atoms with Gasteiger partial charge >= 0.3 is 6.18 Å². The van der Waals surface area contributed by atoms with Crippen LogP contribution in [0.15, 0.2) is 24.3 Å². The second-order valence-electron chi connectivity index (χ2n) is 8.62. The molecule has 34 heavy (non-hydrogen) atoms. The first kappa shape index (κ1) is 23.9. The maximum Gasteiger partial charge on any atom is 0.417 e. The van der Waals surface area contributed by atoms with E-state index in [1.54, 1.807) is 6.07 Å². The third-order valence-electron chi connectivity index (χ3n) is 6.80. The van der Waals surface area contributed by atoms with Crippen LogP contribution in [0.1, 0.15) is 30.9 Å². The summed E-state index contributed by atoms with van der Waals surface area (Å²) < 4.78 is 81.6. The van der Waals surface area contributed by atoms with Crippen LogP contribution in [0.2, 0.25) is 0 Å². The highest BCUT2D eigenvalue weighted by Crippen LogP contribution is 2.56. The van der Waals surface area contributed by atoms with Gasteiger partial charge in [0.1, 0.15) is 18.1 Å². The SMILES string of the molecule is COc1c([C@H]2[C@H](C3Nc4ccc(N)c(C(=N)N)c4N3)O[C@@](C)(C(F)(F)F)[C@H]2C)ccc(F)c1F. The van der Waals surface area contributed by atoms with Gasteiger partial charge in [0.25, 0.3) is 0 Å². The molecule has 0 amide bonds. The Labute approximate surface area is 192 Å². The van der Waals surface area contributed by atoms with Gasteiger partial charge in [-0.25, -0.2) is 4.39 Å². The molecule has 2 aromatic rings. The van der Waals surface area contributed by atoms with Crippen molar-refractivity contribution in [2.24, 2.45) is 11.7 Å². The zero-order valence-corrected chi connectivity index (χ0v) is 18.5. The average Bonchev–Trinajstić information content (AvgIpc) is 3.29. The van der Waals surface area contributed by atoms with Crippen molar-refractivity contribution in [1.82, 2.24) is 0 Å². The van der Waals surface area contributed by atoms with Crippen LogP contribution in [-0.4, -0.2) is 37.0 Å². The van der Waals surface area contributed by atoms with Crippen molar-refractivity contribution < 1.29 is 31.4 Å². The van der Waals surface area contributed by atoms with Crippen LogP contribution in [0.5, 0.6) is 5.75 Å². The summed E-state index contributed by atoms with van der Waals surface area (Å²) in [5.74, 6) is -5.57. The Balaban J connectivity index is 1.83. The fourth-order valence-electron chi connectivity index (χ4n) is 4.86. The number of hydrogen-bond acceptors (Lipinski definition) is 6. The van der Waals surface area contributed by atoms with E-state index in [0.29, 0.717) is 11.4 Å². The molecule has 0 spiro atoms. The maximum absolute atomic E-state index is 14.5. The summed E-state index contributed by atoms with van der Waals surface area (Å²) in [7, 11) is 1.11. The molecule has 2 aliphatic heterocycles. The lowest BCUT2D eigenvalue weighted by Crippen LogP contribution is -2.48. The Morgan fingerprint density at radius 2 is 1.85 bits per heavy atom. The molecule has 0 radical (unpaired) electrons. The molecule has 5 atom stereocenters. The van der Waals surface area contributed by atoms with Gasteiger partial charge in [-0.2, -0.15) is 17.6 Å². The number of alkyl halides is 3.